The Hall–Kier alpha value is -2.32. The highest BCUT2D eigenvalue weighted by atomic mass is 35.5. The van der Waals surface area contributed by atoms with E-state index in [9.17, 15) is 9.59 Å². The summed E-state index contributed by atoms with van der Waals surface area (Å²) in [4.78, 5) is 34.3. The van der Waals surface area contributed by atoms with E-state index < -0.39 is 23.4 Å². The summed E-state index contributed by atoms with van der Waals surface area (Å²) in [6.45, 7) is 14.8. The van der Waals surface area contributed by atoms with Crippen LogP contribution < -0.4 is 5.32 Å². The number of hydrogen-bond acceptors (Lipinski definition) is 6. The Kier molecular flexibility index (Phi) is 11.5. The van der Waals surface area contributed by atoms with Gasteiger partial charge in [-0.3, -0.25) is 10.3 Å². The minimum Gasteiger partial charge on any atom is -0.444 e. The number of halogens is 1. The van der Waals surface area contributed by atoms with Gasteiger partial charge in [0.1, 0.15) is 11.2 Å². The SMILES string of the molecule is CC(C)(C)OC(=O)NC(=NCCc1ccc(Cl)cc1)N(CCCCN1CCCC1)C(=O)OC(C)(C)C. The normalized spacial score (nSPS) is 15.0. The van der Waals surface area contributed by atoms with Crippen molar-refractivity contribution in [1.29, 1.82) is 0 Å². The lowest BCUT2D eigenvalue weighted by Crippen LogP contribution is -2.50. The first-order chi connectivity index (χ1) is 16.8. The van der Waals surface area contributed by atoms with E-state index in [0.29, 0.717) is 24.5 Å². The second-order valence-electron chi connectivity index (χ2n) is 11.1. The summed E-state index contributed by atoms with van der Waals surface area (Å²) in [7, 11) is 0. The number of aliphatic imine (C=N–C) groups is 1. The molecule has 0 spiro atoms. The largest absolute Gasteiger partial charge is 0.444 e. The molecule has 1 heterocycles. The van der Waals surface area contributed by atoms with E-state index in [2.05, 4.69) is 15.2 Å². The Morgan fingerprint density at radius 2 is 1.61 bits per heavy atom. The topological polar surface area (TPSA) is 83.5 Å². The average molecular weight is 523 g/mol. The molecule has 1 aliphatic heterocycles. The van der Waals surface area contributed by atoms with Gasteiger partial charge in [-0.1, -0.05) is 23.7 Å². The number of ether oxygens (including phenoxy) is 2. The van der Waals surface area contributed by atoms with Crippen LogP contribution in [0.4, 0.5) is 9.59 Å². The third-order valence-electron chi connectivity index (χ3n) is 5.36. The van der Waals surface area contributed by atoms with Crippen molar-refractivity contribution in [2.45, 2.75) is 84.8 Å². The number of rotatable bonds is 8. The lowest BCUT2D eigenvalue weighted by molar-refractivity contribution is 0.0355. The summed E-state index contributed by atoms with van der Waals surface area (Å²) in [6.07, 6.45) is 3.57. The van der Waals surface area contributed by atoms with Gasteiger partial charge in [0.05, 0.1) is 0 Å². The molecule has 0 unspecified atom stereocenters. The van der Waals surface area contributed by atoms with Crippen molar-refractivity contribution in [3.8, 4) is 0 Å². The number of nitrogens with one attached hydrogen (secondary N) is 1. The van der Waals surface area contributed by atoms with Crippen molar-refractivity contribution < 1.29 is 19.1 Å². The zero-order valence-corrected chi connectivity index (χ0v) is 23.5. The number of amides is 2. The number of carbonyl (C=O) groups is 2. The number of nitrogens with zero attached hydrogens (tertiary/aromatic N) is 3. The fourth-order valence-corrected chi connectivity index (χ4v) is 3.87. The predicted molar refractivity (Wildman–Crippen MR) is 145 cm³/mol. The Morgan fingerprint density at radius 1 is 1.00 bits per heavy atom. The van der Waals surface area contributed by atoms with Gasteiger partial charge in [-0.15, -0.1) is 0 Å². The lowest BCUT2D eigenvalue weighted by atomic mass is 10.1. The number of benzene rings is 1. The number of alkyl carbamates (subject to hydrolysis) is 1. The van der Waals surface area contributed by atoms with Gasteiger partial charge in [0.25, 0.3) is 0 Å². The van der Waals surface area contributed by atoms with Gasteiger partial charge in [-0.25, -0.2) is 14.5 Å². The van der Waals surface area contributed by atoms with Crippen LogP contribution in [0.3, 0.4) is 0 Å². The second kappa shape index (κ2) is 13.8. The van der Waals surface area contributed by atoms with Crippen LogP contribution in [0.5, 0.6) is 0 Å². The van der Waals surface area contributed by atoms with Crippen LogP contribution in [0.15, 0.2) is 29.3 Å². The molecule has 2 rings (SSSR count). The van der Waals surface area contributed by atoms with E-state index in [4.69, 9.17) is 21.1 Å². The highest BCUT2D eigenvalue weighted by Crippen LogP contribution is 2.14. The van der Waals surface area contributed by atoms with Crippen molar-refractivity contribution in [3.05, 3.63) is 34.9 Å². The maximum atomic E-state index is 13.2. The van der Waals surface area contributed by atoms with Crippen LogP contribution in [-0.2, 0) is 15.9 Å². The van der Waals surface area contributed by atoms with Crippen molar-refractivity contribution in [2.24, 2.45) is 4.99 Å². The molecule has 9 heteroatoms. The molecular formula is C27H43ClN4O4. The maximum absolute atomic E-state index is 13.2. The number of hydrogen-bond donors (Lipinski definition) is 1. The summed E-state index contributed by atoms with van der Waals surface area (Å²) in [6, 6.07) is 7.52. The van der Waals surface area contributed by atoms with Crippen molar-refractivity contribution in [3.63, 3.8) is 0 Å². The Balaban J connectivity index is 2.18. The van der Waals surface area contributed by atoms with Crippen LogP contribution >= 0.6 is 11.6 Å². The first-order valence-electron chi connectivity index (χ1n) is 12.8. The van der Waals surface area contributed by atoms with Crippen LogP contribution in [-0.4, -0.2) is 71.9 Å². The molecule has 1 saturated heterocycles. The maximum Gasteiger partial charge on any atom is 0.417 e. The smallest absolute Gasteiger partial charge is 0.417 e. The van der Waals surface area contributed by atoms with Gasteiger partial charge in [0, 0.05) is 18.1 Å². The van der Waals surface area contributed by atoms with Gasteiger partial charge in [0.2, 0.25) is 5.96 Å². The fourth-order valence-electron chi connectivity index (χ4n) is 3.74. The van der Waals surface area contributed by atoms with E-state index >= 15 is 0 Å². The monoisotopic (exact) mass is 522 g/mol. The number of unbranched alkanes of at least 4 members (excludes halogenated alkanes) is 1. The van der Waals surface area contributed by atoms with E-state index in [1.165, 1.54) is 17.7 Å². The van der Waals surface area contributed by atoms with Gasteiger partial charge in [-0.2, -0.15) is 0 Å². The summed E-state index contributed by atoms with van der Waals surface area (Å²) in [5, 5.41) is 3.37. The van der Waals surface area contributed by atoms with Crippen LogP contribution in [0.2, 0.25) is 5.02 Å². The third kappa shape index (κ3) is 12.1. The minimum atomic E-state index is -0.690. The molecule has 1 aliphatic rings. The highest BCUT2D eigenvalue weighted by Gasteiger charge is 2.28. The van der Waals surface area contributed by atoms with E-state index in [-0.39, 0.29) is 5.96 Å². The number of guanidine groups is 1. The standard InChI is InChI=1S/C27H43ClN4O4/c1-26(2,3)35-24(33)30-23(29-16-15-21-11-13-22(28)14-12-21)32(25(34)36-27(4,5)6)20-10-9-19-31-17-7-8-18-31/h11-14H,7-10,15-20H2,1-6H3,(H,29,30,33). The van der Waals surface area contributed by atoms with Crippen LogP contribution in [0, 0.1) is 0 Å². The van der Waals surface area contributed by atoms with Crippen LogP contribution in [0.1, 0.15) is 72.8 Å². The molecular weight excluding hydrogens is 480 g/mol. The molecule has 1 fully saturated rings. The molecule has 0 radical (unpaired) electrons. The van der Waals surface area contributed by atoms with Gasteiger partial charge < -0.3 is 14.4 Å². The summed E-state index contributed by atoms with van der Waals surface area (Å²) in [5.74, 6) is 0.133. The van der Waals surface area contributed by atoms with E-state index in [1.807, 2.05) is 45.0 Å². The Labute approximate surface area is 221 Å². The molecule has 202 valence electrons. The quantitative estimate of drug-likeness (QED) is 0.262. The van der Waals surface area contributed by atoms with Crippen molar-refractivity contribution >= 4 is 29.7 Å². The van der Waals surface area contributed by atoms with Crippen LogP contribution in [0.25, 0.3) is 0 Å². The zero-order valence-electron chi connectivity index (χ0n) is 22.7. The molecule has 1 aromatic carbocycles. The Bertz CT molecular complexity index is 869. The van der Waals surface area contributed by atoms with Gasteiger partial charge >= 0.3 is 12.2 Å². The zero-order chi connectivity index (χ0) is 26.8. The average Bonchev–Trinajstić information content (AvgIpc) is 3.25. The van der Waals surface area contributed by atoms with Crippen molar-refractivity contribution in [1.82, 2.24) is 15.1 Å². The predicted octanol–water partition coefficient (Wildman–Crippen LogP) is 5.88. The number of likely N-dealkylation sites (tertiary alicyclic amines) is 1. The molecule has 1 N–H and O–H groups in total. The molecule has 0 aliphatic carbocycles. The first-order valence-corrected chi connectivity index (χ1v) is 13.2. The van der Waals surface area contributed by atoms with E-state index in [0.717, 1.165) is 38.0 Å². The van der Waals surface area contributed by atoms with Gasteiger partial charge in [-0.05, 0) is 111 Å². The molecule has 36 heavy (non-hydrogen) atoms. The lowest BCUT2D eigenvalue weighted by Gasteiger charge is -2.29. The highest BCUT2D eigenvalue weighted by molar-refractivity contribution is 6.30. The van der Waals surface area contributed by atoms with Gasteiger partial charge in [0.15, 0.2) is 0 Å². The molecule has 0 atom stereocenters. The molecule has 0 bridgehead atoms. The molecule has 1 aromatic rings. The minimum absolute atomic E-state index is 0.133. The third-order valence-corrected chi connectivity index (χ3v) is 5.61. The number of carbonyl (C=O) groups excluding carboxylic acids is 2. The summed E-state index contributed by atoms with van der Waals surface area (Å²) in [5.41, 5.74) is -0.329. The fraction of sp³-hybridized carbons (Fsp3) is 0.667. The summed E-state index contributed by atoms with van der Waals surface area (Å²) >= 11 is 5.99. The van der Waals surface area contributed by atoms with E-state index in [1.54, 1.807) is 20.8 Å². The van der Waals surface area contributed by atoms with Crippen molar-refractivity contribution in [2.75, 3.05) is 32.7 Å². The molecule has 2 amide bonds. The summed E-state index contributed by atoms with van der Waals surface area (Å²) < 4.78 is 11.1. The first kappa shape index (κ1) is 29.9. The molecule has 0 saturated carbocycles. The molecule has 0 aromatic heterocycles. The molecule has 8 nitrogen and oxygen atoms in total. The Morgan fingerprint density at radius 3 is 2.19 bits per heavy atom. The second-order valence-corrected chi connectivity index (χ2v) is 11.5.